The van der Waals surface area contributed by atoms with Crippen LogP contribution in [0.1, 0.15) is 5.56 Å². The number of nitrogens with zero attached hydrogens (tertiary/aromatic N) is 1. The fraction of sp³-hybridized carbons (Fsp3) is 0.143. The van der Waals surface area contributed by atoms with Crippen LogP contribution in [0.25, 0.3) is 0 Å². The van der Waals surface area contributed by atoms with Gasteiger partial charge in [0, 0.05) is 22.5 Å². The molecule has 20 heavy (non-hydrogen) atoms. The van der Waals surface area contributed by atoms with E-state index in [4.69, 9.17) is 0 Å². The van der Waals surface area contributed by atoms with Gasteiger partial charge < -0.3 is 0 Å². The van der Waals surface area contributed by atoms with Gasteiger partial charge in [0.15, 0.2) is 0 Å². The highest BCUT2D eigenvalue weighted by Gasteiger charge is 2.23. The summed E-state index contributed by atoms with van der Waals surface area (Å²) in [6.45, 7) is 0.311. The molecule has 6 heteroatoms. The average molecular weight is 419 g/mol. The van der Waals surface area contributed by atoms with Crippen LogP contribution in [-0.4, -0.2) is 19.8 Å². The van der Waals surface area contributed by atoms with Gasteiger partial charge >= 0.3 is 0 Å². The normalized spacial score (nSPS) is 11.8. The first-order chi connectivity index (χ1) is 9.43. The highest BCUT2D eigenvalue weighted by molar-refractivity contribution is 9.10. The highest BCUT2D eigenvalue weighted by atomic mass is 79.9. The molecule has 2 aromatic carbocycles. The molecular formula is C14H13Br2NO2S. The van der Waals surface area contributed by atoms with Crippen molar-refractivity contribution < 1.29 is 8.42 Å². The fourth-order valence-electron chi connectivity index (χ4n) is 1.77. The van der Waals surface area contributed by atoms with Crippen molar-refractivity contribution in [3.05, 3.63) is 63.0 Å². The van der Waals surface area contributed by atoms with E-state index in [0.717, 1.165) is 10.0 Å². The maximum atomic E-state index is 12.5. The molecule has 3 nitrogen and oxygen atoms in total. The van der Waals surface area contributed by atoms with Gasteiger partial charge in [0.25, 0.3) is 0 Å². The van der Waals surface area contributed by atoms with Crippen molar-refractivity contribution in [1.29, 1.82) is 0 Å². The lowest BCUT2D eigenvalue weighted by Crippen LogP contribution is -2.26. The summed E-state index contributed by atoms with van der Waals surface area (Å²) in [5, 5.41) is 0. The van der Waals surface area contributed by atoms with Gasteiger partial charge in [0.2, 0.25) is 10.0 Å². The number of halogens is 2. The zero-order valence-corrected chi connectivity index (χ0v) is 14.7. The van der Waals surface area contributed by atoms with Gasteiger partial charge in [-0.2, -0.15) is 4.31 Å². The zero-order valence-electron chi connectivity index (χ0n) is 10.8. The quantitative estimate of drug-likeness (QED) is 0.751. The fourth-order valence-corrected chi connectivity index (χ4v) is 4.29. The van der Waals surface area contributed by atoms with Gasteiger partial charge in [-0.05, 0) is 39.7 Å². The minimum Gasteiger partial charge on any atom is -0.207 e. The Kier molecular flexibility index (Phi) is 5.01. The predicted molar refractivity (Wildman–Crippen MR) is 86.9 cm³/mol. The average Bonchev–Trinajstić information content (AvgIpc) is 2.41. The molecule has 0 aliphatic carbocycles. The second-order valence-electron chi connectivity index (χ2n) is 4.28. The van der Waals surface area contributed by atoms with Crippen molar-refractivity contribution in [3.8, 4) is 0 Å². The Morgan fingerprint density at radius 2 is 1.50 bits per heavy atom. The van der Waals surface area contributed by atoms with Gasteiger partial charge in [-0.1, -0.05) is 46.3 Å². The molecule has 0 saturated carbocycles. The largest absolute Gasteiger partial charge is 0.244 e. The van der Waals surface area contributed by atoms with Crippen LogP contribution in [0, 0.1) is 0 Å². The van der Waals surface area contributed by atoms with Crippen LogP contribution in [0.5, 0.6) is 0 Å². The summed E-state index contributed by atoms with van der Waals surface area (Å²) in [6, 6.07) is 14.4. The van der Waals surface area contributed by atoms with E-state index in [2.05, 4.69) is 31.9 Å². The predicted octanol–water partition coefficient (Wildman–Crippen LogP) is 4.03. The topological polar surface area (TPSA) is 37.4 Å². The second kappa shape index (κ2) is 6.39. The van der Waals surface area contributed by atoms with Crippen LogP contribution in [0.2, 0.25) is 0 Å². The maximum Gasteiger partial charge on any atom is 0.244 e. The molecule has 0 aliphatic heterocycles. The summed E-state index contributed by atoms with van der Waals surface area (Å²) in [5.74, 6) is 0. The van der Waals surface area contributed by atoms with Crippen LogP contribution in [0.3, 0.4) is 0 Å². The van der Waals surface area contributed by atoms with E-state index in [1.807, 2.05) is 24.3 Å². The van der Waals surface area contributed by atoms with E-state index >= 15 is 0 Å². The van der Waals surface area contributed by atoms with Crippen LogP contribution >= 0.6 is 31.9 Å². The van der Waals surface area contributed by atoms with Gasteiger partial charge in [-0.25, -0.2) is 8.42 Å². The molecule has 2 aromatic rings. The Labute approximate surface area is 135 Å². The number of benzene rings is 2. The third-order valence-corrected chi connectivity index (χ3v) is 6.46. The van der Waals surface area contributed by atoms with E-state index in [-0.39, 0.29) is 4.90 Å². The number of rotatable bonds is 4. The van der Waals surface area contributed by atoms with E-state index in [9.17, 15) is 8.42 Å². The van der Waals surface area contributed by atoms with Crippen molar-refractivity contribution in [2.24, 2.45) is 0 Å². The summed E-state index contributed by atoms with van der Waals surface area (Å²) >= 11 is 6.72. The molecule has 0 fully saturated rings. The molecule has 0 aromatic heterocycles. The molecule has 0 N–H and O–H groups in total. The molecule has 0 unspecified atom stereocenters. The Hall–Kier alpha value is -0.690. The first kappa shape index (κ1) is 15.7. The Bertz CT molecular complexity index is 717. The number of sulfonamides is 1. The summed E-state index contributed by atoms with van der Waals surface area (Å²) in [4.78, 5) is 0.273. The Balaban J connectivity index is 2.31. The first-order valence-corrected chi connectivity index (χ1v) is 8.90. The van der Waals surface area contributed by atoms with Crippen molar-refractivity contribution in [2.75, 3.05) is 7.05 Å². The summed E-state index contributed by atoms with van der Waals surface area (Å²) in [6.07, 6.45) is 0. The SMILES string of the molecule is CN(Cc1ccccc1Br)S(=O)(=O)c1ccccc1Br. The second-order valence-corrected chi connectivity index (χ2v) is 8.00. The van der Waals surface area contributed by atoms with Crippen molar-refractivity contribution in [1.82, 2.24) is 4.31 Å². The van der Waals surface area contributed by atoms with Crippen LogP contribution in [0.15, 0.2) is 62.4 Å². The van der Waals surface area contributed by atoms with Gasteiger partial charge in [0.05, 0.1) is 4.90 Å². The molecule has 0 saturated heterocycles. The van der Waals surface area contributed by atoms with Gasteiger partial charge in [-0.3, -0.25) is 0 Å². The molecule has 2 rings (SSSR count). The molecule has 0 amide bonds. The third-order valence-electron chi connectivity index (χ3n) is 2.88. The number of hydrogen-bond donors (Lipinski definition) is 0. The molecule has 0 spiro atoms. The lowest BCUT2D eigenvalue weighted by Gasteiger charge is -2.18. The molecule has 0 heterocycles. The minimum atomic E-state index is -3.52. The van der Waals surface area contributed by atoms with Crippen molar-refractivity contribution >= 4 is 41.9 Å². The van der Waals surface area contributed by atoms with Gasteiger partial charge in [0.1, 0.15) is 0 Å². The van der Waals surface area contributed by atoms with E-state index in [1.165, 1.54) is 4.31 Å². The van der Waals surface area contributed by atoms with Crippen LogP contribution in [-0.2, 0) is 16.6 Å². The lowest BCUT2D eigenvalue weighted by atomic mass is 10.2. The monoisotopic (exact) mass is 417 g/mol. The summed E-state index contributed by atoms with van der Waals surface area (Å²) in [7, 11) is -1.94. The molecule has 0 bridgehead atoms. The molecular weight excluding hydrogens is 406 g/mol. The standard InChI is InChI=1S/C14H13Br2NO2S/c1-17(10-11-6-2-3-7-12(11)15)20(18,19)14-9-5-4-8-13(14)16/h2-9H,10H2,1H3. The van der Waals surface area contributed by atoms with Crippen LogP contribution in [0.4, 0.5) is 0 Å². The van der Waals surface area contributed by atoms with Crippen LogP contribution < -0.4 is 0 Å². The minimum absolute atomic E-state index is 0.273. The molecule has 0 atom stereocenters. The maximum absolute atomic E-state index is 12.5. The first-order valence-electron chi connectivity index (χ1n) is 5.87. The summed E-state index contributed by atoms with van der Waals surface area (Å²) < 4.78 is 27.9. The lowest BCUT2D eigenvalue weighted by molar-refractivity contribution is 0.465. The third kappa shape index (κ3) is 3.31. The Morgan fingerprint density at radius 3 is 2.10 bits per heavy atom. The van der Waals surface area contributed by atoms with E-state index in [0.29, 0.717) is 11.0 Å². The Morgan fingerprint density at radius 1 is 0.950 bits per heavy atom. The molecule has 0 aliphatic rings. The van der Waals surface area contributed by atoms with E-state index < -0.39 is 10.0 Å². The van der Waals surface area contributed by atoms with Crippen molar-refractivity contribution in [2.45, 2.75) is 11.4 Å². The summed E-state index contributed by atoms with van der Waals surface area (Å²) in [5.41, 5.74) is 0.922. The van der Waals surface area contributed by atoms with E-state index in [1.54, 1.807) is 31.3 Å². The number of hydrogen-bond acceptors (Lipinski definition) is 2. The molecule has 0 radical (unpaired) electrons. The smallest absolute Gasteiger partial charge is 0.207 e. The zero-order chi connectivity index (χ0) is 14.8. The molecule has 106 valence electrons. The van der Waals surface area contributed by atoms with Crippen molar-refractivity contribution in [3.63, 3.8) is 0 Å². The van der Waals surface area contributed by atoms with Gasteiger partial charge in [-0.15, -0.1) is 0 Å². The highest BCUT2D eigenvalue weighted by Crippen LogP contribution is 2.26.